The molecule has 0 bridgehead atoms. The minimum atomic E-state index is -0.606. The first-order chi connectivity index (χ1) is 5.95. The second kappa shape index (κ2) is 3.14. The van der Waals surface area contributed by atoms with E-state index in [0.717, 1.165) is 0 Å². The molecule has 0 aromatic carbocycles. The summed E-state index contributed by atoms with van der Waals surface area (Å²) in [6.07, 6.45) is 0.704. The van der Waals surface area contributed by atoms with Crippen LogP contribution in [-0.4, -0.2) is 15.0 Å². The van der Waals surface area contributed by atoms with Gasteiger partial charge in [0.25, 0.3) is 0 Å². The smallest absolute Gasteiger partial charge is 0.225 e. The van der Waals surface area contributed by atoms with Crippen molar-refractivity contribution in [3.8, 4) is 0 Å². The van der Waals surface area contributed by atoms with Crippen molar-refractivity contribution in [3.63, 3.8) is 0 Å². The molecule has 6 heteroatoms. The Hall–Kier alpha value is -1.43. The van der Waals surface area contributed by atoms with Crippen molar-refractivity contribution in [1.29, 1.82) is 0 Å². The molecule has 0 radical (unpaired) electrons. The predicted octanol–water partition coefficient (Wildman–Crippen LogP) is -0.380. The lowest BCUT2D eigenvalue weighted by Crippen LogP contribution is -2.35. The SMILES string of the molecule is CCC(C)(N)c1nc(N)nc(N)n1. The van der Waals surface area contributed by atoms with Crippen molar-refractivity contribution in [2.24, 2.45) is 5.73 Å². The van der Waals surface area contributed by atoms with Crippen LogP contribution in [0.15, 0.2) is 0 Å². The summed E-state index contributed by atoms with van der Waals surface area (Å²) >= 11 is 0. The fraction of sp³-hybridized carbons (Fsp3) is 0.571. The Morgan fingerprint density at radius 3 is 2.00 bits per heavy atom. The first-order valence-electron chi connectivity index (χ1n) is 4.02. The van der Waals surface area contributed by atoms with Crippen LogP contribution in [0.2, 0.25) is 0 Å². The lowest BCUT2D eigenvalue weighted by Gasteiger charge is -2.20. The molecular formula is C7H14N6. The second-order valence-corrected chi connectivity index (χ2v) is 3.15. The van der Waals surface area contributed by atoms with E-state index in [-0.39, 0.29) is 11.9 Å². The lowest BCUT2D eigenvalue weighted by molar-refractivity contribution is 0.445. The molecule has 72 valence electrons. The third-order valence-corrected chi connectivity index (χ3v) is 1.92. The maximum absolute atomic E-state index is 5.91. The third kappa shape index (κ3) is 2.03. The molecule has 1 rings (SSSR count). The van der Waals surface area contributed by atoms with Crippen LogP contribution in [0.5, 0.6) is 0 Å². The molecule has 0 fully saturated rings. The van der Waals surface area contributed by atoms with Gasteiger partial charge in [-0.2, -0.15) is 15.0 Å². The fourth-order valence-electron chi connectivity index (χ4n) is 0.823. The molecule has 0 aliphatic rings. The summed E-state index contributed by atoms with van der Waals surface area (Å²) in [6, 6.07) is 0. The van der Waals surface area contributed by atoms with Crippen LogP contribution in [-0.2, 0) is 5.54 Å². The summed E-state index contributed by atoms with van der Waals surface area (Å²) < 4.78 is 0. The van der Waals surface area contributed by atoms with Gasteiger partial charge in [-0.3, -0.25) is 0 Å². The summed E-state index contributed by atoms with van der Waals surface area (Å²) in [6.45, 7) is 3.76. The third-order valence-electron chi connectivity index (χ3n) is 1.92. The summed E-state index contributed by atoms with van der Waals surface area (Å²) in [5.74, 6) is 0.639. The molecule has 1 aromatic heterocycles. The van der Waals surface area contributed by atoms with Crippen molar-refractivity contribution in [2.45, 2.75) is 25.8 Å². The van der Waals surface area contributed by atoms with E-state index in [9.17, 15) is 0 Å². The van der Waals surface area contributed by atoms with Crippen LogP contribution >= 0.6 is 0 Å². The zero-order valence-corrected chi connectivity index (χ0v) is 7.78. The highest BCUT2D eigenvalue weighted by atomic mass is 15.2. The topological polar surface area (TPSA) is 117 Å². The van der Waals surface area contributed by atoms with Crippen LogP contribution in [0.1, 0.15) is 26.1 Å². The van der Waals surface area contributed by atoms with Gasteiger partial charge in [0.2, 0.25) is 11.9 Å². The highest BCUT2D eigenvalue weighted by molar-refractivity contribution is 5.27. The molecule has 6 nitrogen and oxygen atoms in total. The maximum Gasteiger partial charge on any atom is 0.225 e. The van der Waals surface area contributed by atoms with Crippen molar-refractivity contribution in [3.05, 3.63) is 5.82 Å². The zero-order valence-electron chi connectivity index (χ0n) is 7.78. The lowest BCUT2D eigenvalue weighted by atomic mass is 10.00. The van der Waals surface area contributed by atoms with Gasteiger partial charge >= 0.3 is 0 Å². The molecule has 0 saturated carbocycles. The summed E-state index contributed by atoms with van der Waals surface area (Å²) in [5.41, 5.74) is 16.1. The molecule has 0 aliphatic heterocycles. The molecule has 6 N–H and O–H groups in total. The number of hydrogen-bond acceptors (Lipinski definition) is 6. The van der Waals surface area contributed by atoms with E-state index in [0.29, 0.717) is 12.2 Å². The molecular weight excluding hydrogens is 168 g/mol. The van der Waals surface area contributed by atoms with E-state index >= 15 is 0 Å². The molecule has 0 spiro atoms. The zero-order chi connectivity index (χ0) is 10.1. The van der Waals surface area contributed by atoms with E-state index in [4.69, 9.17) is 17.2 Å². The number of hydrogen-bond donors (Lipinski definition) is 3. The fourth-order valence-corrected chi connectivity index (χ4v) is 0.823. The molecule has 0 aliphatic carbocycles. The van der Waals surface area contributed by atoms with Crippen LogP contribution in [0.4, 0.5) is 11.9 Å². The van der Waals surface area contributed by atoms with Crippen LogP contribution < -0.4 is 17.2 Å². The average molecular weight is 182 g/mol. The Morgan fingerprint density at radius 2 is 1.62 bits per heavy atom. The number of aromatic nitrogens is 3. The Bertz CT molecular complexity index is 288. The number of nitrogen functional groups attached to an aromatic ring is 2. The quantitative estimate of drug-likeness (QED) is 0.574. The summed E-state index contributed by atoms with van der Waals surface area (Å²) in [5, 5.41) is 0. The Labute approximate surface area is 76.6 Å². The maximum atomic E-state index is 5.91. The van der Waals surface area contributed by atoms with E-state index in [1.165, 1.54) is 0 Å². The van der Waals surface area contributed by atoms with E-state index in [1.54, 1.807) is 0 Å². The van der Waals surface area contributed by atoms with Crippen molar-refractivity contribution >= 4 is 11.9 Å². The summed E-state index contributed by atoms with van der Waals surface area (Å²) in [4.78, 5) is 11.5. The first kappa shape index (κ1) is 9.66. The Kier molecular flexibility index (Phi) is 2.33. The molecule has 13 heavy (non-hydrogen) atoms. The number of nitrogens with two attached hydrogens (primary N) is 3. The van der Waals surface area contributed by atoms with Gasteiger partial charge in [0.05, 0.1) is 5.54 Å². The van der Waals surface area contributed by atoms with E-state index in [2.05, 4.69) is 15.0 Å². The Morgan fingerprint density at radius 1 is 1.15 bits per heavy atom. The van der Waals surface area contributed by atoms with Gasteiger partial charge in [0.1, 0.15) is 0 Å². The highest BCUT2D eigenvalue weighted by Crippen LogP contribution is 2.17. The molecule has 1 unspecified atom stereocenters. The van der Waals surface area contributed by atoms with Crippen molar-refractivity contribution < 1.29 is 0 Å². The number of nitrogens with zero attached hydrogens (tertiary/aromatic N) is 3. The van der Waals surface area contributed by atoms with E-state index < -0.39 is 5.54 Å². The molecule has 1 heterocycles. The first-order valence-corrected chi connectivity index (χ1v) is 4.02. The van der Waals surface area contributed by atoms with E-state index in [1.807, 2.05) is 13.8 Å². The minimum absolute atomic E-state index is 0.104. The standard InChI is InChI=1S/C7H14N6/c1-3-7(2,10)4-11-5(8)13-6(9)12-4/h3,10H2,1-2H3,(H4,8,9,11,12,13). The van der Waals surface area contributed by atoms with Crippen LogP contribution in [0.25, 0.3) is 0 Å². The van der Waals surface area contributed by atoms with Crippen LogP contribution in [0.3, 0.4) is 0 Å². The van der Waals surface area contributed by atoms with Gasteiger partial charge in [0.15, 0.2) is 5.82 Å². The molecule has 0 saturated heterocycles. The van der Waals surface area contributed by atoms with Gasteiger partial charge in [0, 0.05) is 0 Å². The average Bonchev–Trinajstić information content (AvgIpc) is 2.02. The Balaban J connectivity index is 3.15. The van der Waals surface area contributed by atoms with Gasteiger partial charge in [-0.25, -0.2) is 0 Å². The molecule has 1 aromatic rings. The predicted molar refractivity (Wildman–Crippen MR) is 50.5 cm³/mol. The number of anilines is 2. The van der Waals surface area contributed by atoms with Gasteiger partial charge in [-0.05, 0) is 13.3 Å². The van der Waals surface area contributed by atoms with Gasteiger partial charge in [-0.1, -0.05) is 6.92 Å². The molecule has 0 amide bonds. The second-order valence-electron chi connectivity index (χ2n) is 3.15. The summed E-state index contributed by atoms with van der Waals surface area (Å²) in [7, 11) is 0. The van der Waals surface area contributed by atoms with Gasteiger partial charge in [-0.15, -0.1) is 0 Å². The largest absolute Gasteiger partial charge is 0.368 e. The van der Waals surface area contributed by atoms with Gasteiger partial charge < -0.3 is 17.2 Å². The van der Waals surface area contributed by atoms with Crippen LogP contribution in [0, 0.1) is 0 Å². The number of rotatable bonds is 2. The highest BCUT2D eigenvalue weighted by Gasteiger charge is 2.23. The molecule has 1 atom stereocenters. The minimum Gasteiger partial charge on any atom is -0.368 e. The normalized spacial score (nSPS) is 15.3. The monoisotopic (exact) mass is 182 g/mol. The van der Waals surface area contributed by atoms with Crippen molar-refractivity contribution in [1.82, 2.24) is 15.0 Å². The van der Waals surface area contributed by atoms with Crippen molar-refractivity contribution in [2.75, 3.05) is 11.5 Å².